The van der Waals surface area contributed by atoms with Gasteiger partial charge < -0.3 is 10.8 Å². The molecule has 1 fully saturated rings. The summed E-state index contributed by atoms with van der Waals surface area (Å²) in [7, 11) is 0. The Kier molecular flexibility index (Phi) is 1.60. The zero-order valence-electron chi connectivity index (χ0n) is 5.13. The first-order valence-electron chi connectivity index (χ1n) is 2.79. The molecule has 0 aromatic heterocycles. The number of ketones is 1. The third-order valence-electron chi connectivity index (χ3n) is 1.24. The van der Waals surface area contributed by atoms with Gasteiger partial charge in [0.2, 0.25) is 0 Å². The van der Waals surface area contributed by atoms with Gasteiger partial charge in [0, 0.05) is 6.54 Å². The van der Waals surface area contributed by atoms with Crippen LogP contribution in [0.1, 0.15) is 6.42 Å². The number of nitrogens with one attached hydrogen (secondary N) is 1. The average Bonchev–Trinajstić information content (AvgIpc) is 1.95. The lowest BCUT2D eigenvalue weighted by Gasteiger charge is -2.04. The summed E-state index contributed by atoms with van der Waals surface area (Å²) in [6, 6.07) is 0. The Morgan fingerprint density at radius 2 is 2.20 bits per heavy atom. The van der Waals surface area contributed by atoms with Gasteiger partial charge in [-0.05, 0) is 0 Å². The van der Waals surface area contributed by atoms with Crippen LogP contribution < -0.4 is 5.32 Å². The van der Waals surface area contributed by atoms with Gasteiger partial charge in [-0.25, -0.2) is 0 Å². The molecule has 0 bridgehead atoms. The molecule has 1 N–H and O–H groups in total. The first kappa shape index (κ1) is 6.64. The van der Waals surface area contributed by atoms with Crippen LogP contribution in [-0.2, 0) is 9.59 Å². The van der Waals surface area contributed by atoms with Gasteiger partial charge >= 0.3 is 11.5 Å². The van der Waals surface area contributed by atoms with E-state index in [1.165, 1.54) is 0 Å². The minimum atomic E-state index is -0.742. The van der Waals surface area contributed by atoms with Crippen molar-refractivity contribution in [3.05, 3.63) is 5.53 Å². The van der Waals surface area contributed by atoms with Crippen LogP contribution >= 0.6 is 0 Å². The molecule has 0 aliphatic carbocycles. The molecule has 0 aromatic carbocycles. The molecule has 1 amide bonds. The number of carbonyl (C=O) groups is 2. The second-order valence-corrected chi connectivity index (χ2v) is 1.88. The van der Waals surface area contributed by atoms with E-state index >= 15 is 0 Å². The molecule has 1 heterocycles. The lowest BCUT2D eigenvalue weighted by Crippen LogP contribution is -2.43. The predicted octanol–water partition coefficient (Wildman–Crippen LogP) is -1.25. The van der Waals surface area contributed by atoms with Crippen LogP contribution in [-0.4, -0.2) is 28.7 Å². The summed E-state index contributed by atoms with van der Waals surface area (Å²) < 4.78 is 0. The highest BCUT2D eigenvalue weighted by molar-refractivity contribution is 6.64. The van der Waals surface area contributed by atoms with Gasteiger partial charge in [-0.2, -0.15) is 4.79 Å². The van der Waals surface area contributed by atoms with E-state index in [-0.39, 0.29) is 5.71 Å². The molecule has 1 rings (SSSR count). The number of amides is 1. The lowest BCUT2D eigenvalue weighted by atomic mass is 10.1. The molecular formula is C5H5N3O2. The summed E-state index contributed by atoms with van der Waals surface area (Å²) in [5.41, 5.74) is 8.10. The zero-order chi connectivity index (χ0) is 7.56. The fraction of sp³-hybridized carbons (Fsp3) is 0.400. The monoisotopic (exact) mass is 139 g/mol. The highest BCUT2D eigenvalue weighted by atomic mass is 16.2. The van der Waals surface area contributed by atoms with Gasteiger partial charge in [-0.1, -0.05) is 0 Å². The second-order valence-electron chi connectivity index (χ2n) is 1.88. The van der Waals surface area contributed by atoms with Crippen molar-refractivity contribution in [3.63, 3.8) is 0 Å². The second kappa shape index (κ2) is 2.41. The van der Waals surface area contributed by atoms with Crippen LogP contribution in [0, 0.1) is 0 Å². The normalized spacial score (nSPS) is 18.2. The number of nitrogens with zero attached hydrogens (tertiary/aromatic N) is 2. The molecule has 0 atom stereocenters. The van der Waals surface area contributed by atoms with Crippen LogP contribution in [0.3, 0.4) is 0 Å². The van der Waals surface area contributed by atoms with Gasteiger partial charge in [0.1, 0.15) is 0 Å². The smallest absolute Gasteiger partial charge is 0.346 e. The van der Waals surface area contributed by atoms with Crippen molar-refractivity contribution >= 4 is 17.4 Å². The van der Waals surface area contributed by atoms with Crippen LogP contribution in [0.15, 0.2) is 0 Å². The summed E-state index contributed by atoms with van der Waals surface area (Å²) in [4.78, 5) is 23.8. The maximum atomic E-state index is 10.7. The Bertz CT molecular complexity index is 239. The summed E-state index contributed by atoms with van der Waals surface area (Å²) in [5.74, 6) is -1.44. The zero-order valence-corrected chi connectivity index (χ0v) is 5.13. The van der Waals surface area contributed by atoms with Crippen LogP contribution in [0.2, 0.25) is 0 Å². The molecule has 0 radical (unpaired) electrons. The van der Waals surface area contributed by atoms with Crippen LogP contribution in [0.4, 0.5) is 0 Å². The van der Waals surface area contributed by atoms with Crippen molar-refractivity contribution in [1.82, 2.24) is 5.32 Å². The van der Waals surface area contributed by atoms with E-state index in [0.717, 1.165) is 0 Å². The lowest BCUT2D eigenvalue weighted by molar-refractivity contribution is -0.137. The van der Waals surface area contributed by atoms with E-state index in [1.54, 1.807) is 0 Å². The minimum Gasteiger partial charge on any atom is -0.361 e. The maximum absolute atomic E-state index is 10.7. The van der Waals surface area contributed by atoms with E-state index in [9.17, 15) is 9.59 Å². The topological polar surface area (TPSA) is 82.6 Å². The van der Waals surface area contributed by atoms with E-state index < -0.39 is 11.7 Å². The first-order chi connectivity index (χ1) is 4.75. The van der Waals surface area contributed by atoms with E-state index in [0.29, 0.717) is 13.0 Å². The van der Waals surface area contributed by atoms with Gasteiger partial charge in [-0.15, -0.1) is 0 Å². The summed E-state index contributed by atoms with van der Waals surface area (Å²) >= 11 is 0. The number of hydrogen-bond acceptors (Lipinski definition) is 2. The predicted molar refractivity (Wildman–Crippen MR) is 31.3 cm³/mol. The van der Waals surface area contributed by atoms with Gasteiger partial charge in [-0.3, -0.25) is 9.59 Å². The number of hydrogen-bond donors (Lipinski definition) is 1. The number of piperidine rings is 1. The number of Topliss-reactive ketones (excluding diaryl/α,β-unsaturated/α-hetero) is 1. The molecule has 1 aliphatic rings. The SMILES string of the molecule is [N-]=[N+]=C1CCNC(=O)C1=O. The Morgan fingerprint density at radius 1 is 1.50 bits per heavy atom. The molecule has 0 unspecified atom stereocenters. The highest BCUT2D eigenvalue weighted by Crippen LogP contribution is 1.90. The summed E-state index contributed by atoms with van der Waals surface area (Å²) in [5, 5.41) is 2.32. The quantitative estimate of drug-likeness (QED) is 0.258. The van der Waals surface area contributed by atoms with Gasteiger partial charge in [0.05, 0.1) is 6.42 Å². The fourth-order valence-electron chi connectivity index (χ4n) is 0.715. The molecule has 1 saturated heterocycles. The van der Waals surface area contributed by atoms with Crippen molar-refractivity contribution in [2.45, 2.75) is 6.42 Å². The van der Waals surface area contributed by atoms with Crippen molar-refractivity contribution in [1.29, 1.82) is 0 Å². The summed E-state index contributed by atoms with van der Waals surface area (Å²) in [6.45, 7) is 0.365. The molecule has 0 aromatic rings. The highest BCUT2D eigenvalue weighted by Gasteiger charge is 2.31. The molecular weight excluding hydrogens is 134 g/mol. The Morgan fingerprint density at radius 3 is 2.70 bits per heavy atom. The van der Waals surface area contributed by atoms with Gasteiger partial charge in [0.15, 0.2) is 0 Å². The van der Waals surface area contributed by atoms with Crippen LogP contribution in [0.5, 0.6) is 0 Å². The van der Waals surface area contributed by atoms with Crippen LogP contribution in [0.25, 0.3) is 5.53 Å². The Labute approximate surface area is 56.6 Å². The molecule has 5 nitrogen and oxygen atoms in total. The number of carbonyl (C=O) groups excluding carboxylic acids is 2. The van der Waals surface area contributed by atoms with E-state index in [1.807, 2.05) is 0 Å². The molecule has 52 valence electrons. The minimum absolute atomic E-state index is 0.0660. The molecule has 0 saturated carbocycles. The third-order valence-corrected chi connectivity index (χ3v) is 1.24. The molecule has 0 spiro atoms. The van der Waals surface area contributed by atoms with Crippen molar-refractivity contribution in [2.24, 2.45) is 0 Å². The molecule has 10 heavy (non-hydrogen) atoms. The largest absolute Gasteiger partial charge is 0.361 e. The van der Waals surface area contributed by atoms with E-state index in [4.69, 9.17) is 5.53 Å². The Balaban J connectivity index is 2.89. The first-order valence-corrected chi connectivity index (χ1v) is 2.79. The summed E-state index contributed by atoms with van der Waals surface area (Å²) in [6.07, 6.45) is 0.307. The maximum Gasteiger partial charge on any atom is 0.346 e. The van der Waals surface area contributed by atoms with Gasteiger partial charge in [0.25, 0.3) is 5.91 Å². The van der Waals surface area contributed by atoms with E-state index in [2.05, 4.69) is 10.1 Å². The molecule has 1 aliphatic heterocycles. The van der Waals surface area contributed by atoms with Crippen molar-refractivity contribution < 1.29 is 14.4 Å². The Hall–Kier alpha value is -1.48. The van der Waals surface area contributed by atoms with Crippen molar-refractivity contribution in [3.8, 4) is 0 Å². The molecule has 5 heteroatoms. The fourth-order valence-corrected chi connectivity index (χ4v) is 0.715. The van der Waals surface area contributed by atoms with Crippen molar-refractivity contribution in [2.75, 3.05) is 6.54 Å². The standard InChI is InChI=1S/C5H5N3O2/c6-8-3-1-2-7-5(10)4(3)9/h1-2H2,(H,7,10). The average molecular weight is 139 g/mol. The number of rotatable bonds is 0. The third kappa shape index (κ3) is 0.942.